The lowest BCUT2D eigenvalue weighted by molar-refractivity contribution is -0.127. The minimum atomic E-state index is -2.88. The number of carbonyl (C=O) groups excluding carboxylic acids is 1. The van der Waals surface area contributed by atoms with Crippen molar-refractivity contribution in [2.75, 3.05) is 7.05 Å². The Bertz CT molecular complexity index is 629. The van der Waals surface area contributed by atoms with Crippen LogP contribution < -0.4 is 4.74 Å². The summed E-state index contributed by atoms with van der Waals surface area (Å²) in [6.45, 7) is -2.88. The highest BCUT2D eigenvalue weighted by atomic mass is 19.3. The summed E-state index contributed by atoms with van der Waals surface area (Å²) in [7, 11) is 1.73. The number of halogens is 2. The van der Waals surface area contributed by atoms with Crippen LogP contribution in [0.5, 0.6) is 5.75 Å². The Balaban J connectivity index is 2.10. The zero-order valence-corrected chi connectivity index (χ0v) is 13.5. The van der Waals surface area contributed by atoms with Crippen molar-refractivity contribution >= 4 is 12.0 Å². The molecule has 4 nitrogen and oxygen atoms in total. The molecule has 1 aromatic rings. The van der Waals surface area contributed by atoms with Crippen molar-refractivity contribution in [3.05, 3.63) is 35.4 Å². The van der Waals surface area contributed by atoms with Crippen LogP contribution in [0.1, 0.15) is 37.7 Å². The number of nitrogens with zero attached hydrogens (tertiary/aromatic N) is 2. The molecule has 1 amide bonds. The Morgan fingerprint density at radius 2 is 1.92 bits per heavy atom. The second-order valence-corrected chi connectivity index (χ2v) is 5.83. The Hall–Kier alpha value is -2.42. The molecule has 24 heavy (non-hydrogen) atoms. The van der Waals surface area contributed by atoms with Crippen LogP contribution in [-0.2, 0) is 4.79 Å². The number of nitriles is 1. The van der Waals surface area contributed by atoms with E-state index >= 15 is 0 Å². The molecule has 0 unspecified atom stereocenters. The summed E-state index contributed by atoms with van der Waals surface area (Å²) in [4.78, 5) is 14.1. The van der Waals surface area contributed by atoms with E-state index in [4.69, 9.17) is 0 Å². The van der Waals surface area contributed by atoms with Crippen LogP contribution in [-0.4, -0.2) is 30.5 Å². The Morgan fingerprint density at radius 1 is 1.29 bits per heavy atom. The number of carbonyl (C=O) groups is 1. The maximum Gasteiger partial charge on any atom is 0.387 e. The number of amides is 1. The van der Waals surface area contributed by atoms with Gasteiger partial charge in [0.15, 0.2) is 0 Å². The van der Waals surface area contributed by atoms with Gasteiger partial charge in [0.05, 0.1) is 0 Å². The van der Waals surface area contributed by atoms with E-state index < -0.39 is 6.61 Å². The van der Waals surface area contributed by atoms with Gasteiger partial charge in [-0.25, -0.2) is 0 Å². The molecule has 0 heterocycles. The summed E-state index contributed by atoms with van der Waals surface area (Å²) in [5.41, 5.74) is 0.615. The molecule has 1 aliphatic carbocycles. The lowest BCUT2D eigenvalue weighted by Gasteiger charge is -2.31. The second kappa shape index (κ2) is 8.44. The fraction of sp³-hybridized carbons (Fsp3) is 0.444. The summed E-state index contributed by atoms with van der Waals surface area (Å²) in [5, 5.41) is 9.29. The molecule has 0 aromatic heterocycles. The second-order valence-electron chi connectivity index (χ2n) is 5.83. The van der Waals surface area contributed by atoms with Crippen LogP contribution in [0.2, 0.25) is 0 Å². The van der Waals surface area contributed by atoms with Crippen LogP contribution in [0.4, 0.5) is 8.78 Å². The zero-order valence-electron chi connectivity index (χ0n) is 13.5. The highest BCUT2D eigenvalue weighted by Crippen LogP contribution is 2.23. The zero-order chi connectivity index (χ0) is 17.5. The van der Waals surface area contributed by atoms with Crippen LogP contribution in [0.15, 0.2) is 29.8 Å². The van der Waals surface area contributed by atoms with E-state index in [0.717, 1.165) is 25.7 Å². The van der Waals surface area contributed by atoms with Crippen LogP contribution in [0.3, 0.4) is 0 Å². The van der Waals surface area contributed by atoms with Gasteiger partial charge in [-0.2, -0.15) is 14.0 Å². The summed E-state index contributed by atoms with van der Waals surface area (Å²) in [6, 6.07) is 7.92. The molecule has 0 aliphatic heterocycles. The molecule has 2 rings (SSSR count). The molecule has 128 valence electrons. The van der Waals surface area contributed by atoms with Gasteiger partial charge in [0.2, 0.25) is 0 Å². The van der Waals surface area contributed by atoms with Gasteiger partial charge in [0.1, 0.15) is 17.4 Å². The molecular formula is C18H20F2N2O2. The van der Waals surface area contributed by atoms with Gasteiger partial charge in [-0.3, -0.25) is 4.79 Å². The maximum absolute atomic E-state index is 12.5. The molecule has 1 saturated carbocycles. The smallest absolute Gasteiger partial charge is 0.387 e. The molecule has 1 aliphatic rings. The number of rotatable bonds is 5. The van der Waals surface area contributed by atoms with Gasteiger partial charge >= 0.3 is 6.61 Å². The highest BCUT2D eigenvalue weighted by Gasteiger charge is 2.24. The van der Waals surface area contributed by atoms with Gasteiger partial charge in [0, 0.05) is 13.1 Å². The lowest BCUT2D eigenvalue weighted by atomic mass is 9.94. The first-order valence-electron chi connectivity index (χ1n) is 7.95. The van der Waals surface area contributed by atoms with Crippen molar-refractivity contribution in [2.24, 2.45) is 0 Å². The average molecular weight is 334 g/mol. The summed E-state index contributed by atoms with van der Waals surface area (Å²) in [6.07, 6.45) is 6.76. The Kier molecular flexibility index (Phi) is 6.30. The van der Waals surface area contributed by atoms with Crippen LogP contribution in [0, 0.1) is 11.3 Å². The standard InChI is InChI=1S/C18H20F2N2O2/c1-22(15-5-3-2-4-6-15)17(23)14(12-21)11-13-7-9-16(10-8-13)24-18(19)20/h7-11,15,18H,2-6H2,1H3. The third-order valence-electron chi connectivity index (χ3n) is 4.21. The molecule has 0 radical (unpaired) electrons. The quantitative estimate of drug-likeness (QED) is 0.604. The summed E-state index contributed by atoms with van der Waals surface area (Å²) in [5.74, 6) is -0.274. The van der Waals surface area contributed by atoms with Crippen molar-refractivity contribution in [1.82, 2.24) is 4.90 Å². The van der Waals surface area contributed by atoms with Crippen molar-refractivity contribution < 1.29 is 18.3 Å². The predicted molar refractivity (Wildman–Crippen MR) is 86.3 cm³/mol. The van der Waals surface area contributed by atoms with Gasteiger partial charge in [-0.15, -0.1) is 0 Å². The average Bonchev–Trinajstić information content (AvgIpc) is 2.60. The topological polar surface area (TPSA) is 53.3 Å². The molecule has 0 N–H and O–H groups in total. The molecule has 0 saturated heterocycles. The number of hydrogen-bond acceptors (Lipinski definition) is 3. The van der Waals surface area contributed by atoms with E-state index in [1.54, 1.807) is 11.9 Å². The number of alkyl halides is 2. The number of hydrogen-bond donors (Lipinski definition) is 0. The monoisotopic (exact) mass is 334 g/mol. The molecule has 1 fully saturated rings. The molecule has 6 heteroatoms. The molecule has 0 bridgehead atoms. The Labute approximate surface area is 140 Å². The van der Waals surface area contributed by atoms with E-state index in [-0.39, 0.29) is 23.3 Å². The van der Waals surface area contributed by atoms with Crippen LogP contribution >= 0.6 is 0 Å². The van der Waals surface area contributed by atoms with Crippen molar-refractivity contribution in [2.45, 2.75) is 44.8 Å². The van der Waals surface area contributed by atoms with Gasteiger partial charge in [-0.1, -0.05) is 31.4 Å². The fourth-order valence-corrected chi connectivity index (χ4v) is 2.88. The van der Waals surface area contributed by atoms with E-state index in [1.807, 2.05) is 6.07 Å². The molecule has 0 atom stereocenters. The minimum absolute atomic E-state index is 0.0330. The van der Waals surface area contributed by atoms with Crippen LogP contribution in [0.25, 0.3) is 6.08 Å². The first kappa shape index (κ1) is 17.9. The summed E-state index contributed by atoms with van der Waals surface area (Å²) < 4.78 is 28.5. The van der Waals surface area contributed by atoms with E-state index in [2.05, 4.69) is 4.74 Å². The predicted octanol–water partition coefficient (Wildman–Crippen LogP) is 3.99. The first-order valence-corrected chi connectivity index (χ1v) is 7.95. The highest BCUT2D eigenvalue weighted by molar-refractivity contribution is 6.01. The van der Waals surface area contributed by atoms with Gasteiger partial charge < -0.3 is 9.64 Å². The normalized spacial score (nSPS) is 15.9. The van der Waals surface area contributed by atoms with Crippen molar-refractivity contribution in [3.63, 3.8) is 0 Å². The number of benzene rings is 1. The molecule has 1 aromatic carbocycles. The maximum atomic E-state index is 12.5. The van der Waals surface area contributed by atoms with Crippen molar-refractivity contribution in [1.29, 1.82) is 5.26 Å². The molecule has 0 spiro atoms. The van der Waals surface area contributed by atoms with Gasteiger partial charge in [-0.05, 0) is 36.6 Å². The largest absolute Gasteiger partial charge is 0.435 e. The first-order chi connectivity index (χ1) is 11.5. The van der Waals surface area contributed by atoms with E-state index in [9.17, 15) is 18.8 Å². The minimum Gasteiger partial charge on any atom is -0.435 e. The third kappa shape index (κ3) is 4.79. The Morgan fingerprint density at radius 3 is 2.46 bits per heavy atom. The van der Waals surface area contributed by atoms with E-state index in [1.165, 1.54) is 36.8 Å². The molecular weight excluding hydrogens is 314 g/mol. The van der Waals surface area contributed by atoms with Crippen molar-refractivity contribution in [3.8, 4) is 11.8 Å². The summed E-state index contributed by atoms with van der Waals surface area (Å²) >= 11 is 0. The fourth-order valence-electron chi connectivity index (χ4n) is 2.88. The van der Waals surface area contributed by atoms with E-state index in [0.29, 0.717) is 5.56 Å². The SMILES string of the molecule is CN(C(=O)C(C#N)=Cc1ccc(OC(F)F)cc1)C1CCCCC1. The van der Waals surface area contributed by atoms with Gasteiger partial charge in [0.25, 0.3) is 5.91 Å². The number of likely N-dealkylation sites (N-methyl/N-ethyl adjacent to an activating group) is 1. The lowest BCUT2D eigenvalue weighted by Crippen LogP contribution is -2.38. The third-order valence-corrected chi connectivity index (χ3v) is 4.21. The number of ether oxygens (including phenoxy) is 1.